The Kier molecular flexibility index (Phi) is 11.2. The van der Waals surface area contributed by atoms with Crippen LogP contribution in [-0.4, -0.2) is 57.2 Å². The first kappa shape index (κ1) is 23.1. The minimum Gasteiger partial charge on any atom is -0.378 e. The Hall–Kier alpha value is -0.920. The highest BCUT2D eigenvalue weighted by molar-refractivity contribution is 5.85. The molecule has 0 spiro atoms. The molecule has 1 aromatic rings. The van der Waals surface area contributed by atoms with Gasteiger partial charge >= 0.3 is 0 Å². The topological polar surface area (TPSA) is 53.6 Å². The largest absolute Gasteiger partial charge is 0.378 e. The van der Waals surface area contributed by atoms with Gasteiger partial charge in [-0.2, -0.15) is 0 Å². The lowest BCUT2D eigenvalue weighted by Crippen LogP contribution is -2.45. The summed E-state index contributed by atoms with van der Waals surface area (Å²) in [5, 5.41) is 6.18. The van der Waals surface area contributed by atoms with Gasteiger partial charge in [-0.1, -0.05) is 12.1 Å². The van der Waals surface area contributed by atoms with Crippen LogP contribution in [0.1, 0.15) is 18.0 Å². The maximum atomic E-state index is 13.4. The molecule has 0 saturated carbocycles. The number of ether oxygens (including phenoxy) is 1. The molecule has 24 heavy (non-hydrogen) atoms. The second-order valence-electron chi connectivity index (χ2n) is 5.77. The van der Waals surface area contributed by atoms with Gasteiger partial charge in [-0.3, -0.25) is 4.79 Å². The van der Waals surface area contributed by atoms with Crippen molar-refractivity contribution in [3.63, 3.8) is 0 Å². The minimum absolute atomic E-state index is 0. The molecule has 2 unspecified atom stereocenters. The number of hydrogen-bond donors (Lipinski definition) is 2. The lowest BCUT2D eigenvalue weighted by atomic mass is 10.1. The predicted molar refractivity (Wildman–Crippen MR) is 97.6 cm³/mol. The number of amides is 1. The van der Waals surface area contributed by atoms with Gasteiger partial charge in [0.15, 0.2) is 0 Å². The number of benzene rings is 1. The molecule has 1 heterocycles. The summed E-state index contributed by atoms with van der Waals surface area (Å²) in [5.41, 5.74) is 0.851. The summed E-state index contributed by atoms with van der Waals surface area (Å²) in [6.07, 6.45) is 0.392. The molecule has 1 aliphatic heterocycles. The van der Waals surface area contributed by atoms with E-state index in [1.165, 1.54) is 12.1 Å². The van der Waals surface area contributed by atoms with Crippen LogP contribution < -0.4 is 10.6 Å². The van der Waals surface area contributed by atoms with Crippen molar-refractivity contribution in [3.05, 3.63) is 35.6 Å². The average Bonchev–Trinajstić information content (AvgIpc) is 2.48. The van der Waals surface area contributed by atoms with Crippen molar-refractivity contribution in [2.75, 3.05) is 40.4 Å². The standard InChI is InChI=1S/C16H24FN3O2.2ClH/c1-20(2)15(12-4-3-5-13(17)8-12)10-19-16(21)9-14-11-22-7-6-18-14;;/h3-5,8,14-15,18H,6-7,9-11H2,1-2H3,(H,19,21);2*1H. The fraction of sp³-hybridized carbons (Fsp3) is 0.562. The molecule has 1 saturated heterocycles. The van der Waals surface area contributed by atoms with Crippen LogP contribution in [0.5, 0.6) is 0 Å². The molecule has 138 valence electrons. The van der Waals surface area contributed by atoms with E-state index in [1.807, 2.05) is 25.1 Å². The van der Waals surface area contributed by atoms with E-state index in [0.29, 0.717) is 26.2 Å². The minimum atomic E-state index is -0.265. The number of morpholine rings is 1. The molecule has 1 fully saturated rings. The van der Waals surface area contributed by atoms with E-state index in [2.05, 4.69) is 10.6 Å². The van der Waals surface area contributed by atoms with Crippen molar-refractivity contribution in [2.45, 2.75) is 18.5 Å². The van der Waals surface area contributed by atoms with Crippen molar-refractivity contribution < 1.29 is 13.9 Å². The Morgan fingerprint density at radius 3 is 2.79 bits per heavy atom. The van der Waals surface area contributed by atoms with Crippen LogP contribution in [0.3, 0.4) is 0 Å². The highest BCUT2D eigenvalue weighted by Crippen LogP contribution is 2.18. The molecule has 0 aromatic heterocycles. The zero-order chi connectivity index (χ0) is 15.9. The van der Waals surface area contributed by atoms with Crippen LogP contribution in [0.4, 0.5) is 4.39 Å². The fourth-order valence-electron chi connectivity index (χ4n) is 2.57. The van der Waals surface area contributed by atoms with E-state index in [9.17, 15) is 9.18 Å². The second kappa shape index (κ2) is 11.6. The summed E-state index contributed by atoms with van der Waals surface area (Å²) in [6.45, 7) is 2.49. The number of halogens is 3. The van der Waals surface area contributed by atoms with Crippen LogP contribution >= 0.6 is 24.8 Å². The Morgan fingerprint density at radius 2 is 2.21 bits per heavy atom. The molecule has 2 N–H and O–H groups in total. The van der Waals surface area contributed by atoms with Gasteiger partial charge < -0.3 is 20.3 Å². The number of likely N-dealkylation sites (N-methyl/N-ethyl adjacent to an activating group) is 1. The highest BCUT2D eigenvalue weighted by atomic mass is 35.5. The van der Waals surface area contributed by atoms with Crippen molar-refractivity contribution >= 4 is 30.7 Å². The molecular weight excluding hydrogens is 356 g/mol. The van der Waals surface area contributed by atoms with E-state index < -0.39 is 0 Å². The first-order chi connectivity index (χ1) is 10.6. The first-order valence-corrected chi connectivity index (χ1v) is 7.56. The molecule has 1 amide bonds. The molecule has 0 aliphatic carbocycles. The van der Waals surface area contributed by atoms with Gasteiger partial charge in [-0.05, 0) is 31.8 Å². The zero-order valence-corrected chi connectivity index (χ0v) is 15.6. The van der Waals surface area contributed by atoms with Gasteiger partial charge in [0, 0.05) is 25.6 Å². The Balaban J connectivity index is 0.00000264. The SMILES string of the molecule is CN(C)C(CNC(=O)CC1COCCN1)c1cccc(F)c1.Cl.Cl. The number of nitrogens with zero attached hydrogens (tertiary/aromatic N) is 1. The van der Waals surface area contributed by atoms with Gasteiger partial charge in [0.25, 0.3) is 0 Å². The molecule has 1 aromatic carbocycles. The van der Waals surface area contributed by atoms with Gasteiger partial charge in [-0.15, -0.1) is 24.8 Å². The third-order valence-electron chi connectivity index (χ3n) is 3.78. The summed E-state index contributed by atoms with van der Waals surface area (Å²) >= 11 is 0. The summed E-state index contributed by atoms with van der Waals surface area (Å²) in [4.78, 5) is 14.0. The smallest absolute Gasteiger partial charge is 0.221 e. The molecule has 8 heteroatoms. The van der Waals surface area contributed by atoms with Gasteiger partial charge in [0.2, 0.25) is 5.91 Å². The summed E-state index contributed by atoms with van der Waals surface area (Å²) < 4.78 is 18.7. The number of hydrogen-bond acceptors (Lipinski definition) is 4. The third kappa shape index (κ3) is 7.32. The van der Waals surface area contributed by atoms with Crippen molar-refractivity contribution in [3.8, 4) is 0 Å². The monoisotopic (exact) mass is 381 g/mol. The summed E-state index contributed by atoms with van der Waals surface area (Å²) in [6, 6.07) is 6.50. The van der Waals surface area contributed by atoms with Crippen LogP contribution in [0.25, 0.3) is 0 Å². The van der Waals surface area contributed by atoms with E-state index in [-0.39, 0.29) is 48.6 Å². The highest BCUT2D eigenvalue weighted by Gasteiger charge is 2.19. The van der Waals surface area contributed by atoms with Crippen LogP contribution in [-0.2, 0) is 9.53 Å². The number of rotatable bonds is 6. The number of carbonyl (C=O) groups excluding carboxylic acids is 1. The molecule has 2 atom stereocenters. The van der Waals surface area contributed by atoms with E-state index in [0.717, 1.165) is 12.1 Å². The fourth-order valence-corrected chi connectivity index (χ4v) is 2.57. The zero-order valence-electron chi connectivity index (χ0n) is 14.0. The second-order valence-corrected chi connectivity index (χ2v) is 5.77. The molecule has 5 nitrogen and oxygen atoms in total. The third-order valence-corrected chi connectivity index (χ3v) is 3.78. The molecule has 1 aliphatic rings. The van der Waals surface area contributed by atoms with Crippen LogP contribution in [0, 0.1) is 5.82 Å². The first-order valence-electron chi connectivity index (χ1n) is 7.56. The average molecular weight is 382 g/mol. The van der Waals surface area contributed by atoms with Crippen molar-refractivity contribution in [2.24, 2.45) is 0 Å². The Morgan fingerprint density at radius 1 is 1.46 bits per heavy atom. The maximum Gasteiger partial charge on any atom is 0.221 e. The van der Waals surface area contributed by atoms with Crippen LogP contribution in [0.2, 0.25) is 0 Å². The number of nitrogens with one attached hydrogen (secondary N) is 2. The van der Waals surface area contributed by atoms with Crippen molar-refractivity contribution in [1.29, 1.82) is 0 Å². The normalized spacial score (nSPS) is 18.2. The maximum absolute atomic E-state index is 13.4. The predicted octanol–water partition coefficient (Wildman–Crippen LogP) is 1.77. The Bertz CT molecular complexity index is 500. The number of carbonyl (C=O) groups is 1. The summed E-state index contributed by atoms with van der Waals surface area (Å²) in [7, 11) is 3.83. The van der Waals surface area contributed by atoms with Gasteiger partial charge in [0.1, 0.15) is 5.82 Å². The lowest BCUT2D eigenvalue weighted by molar-refractivity contribution is -0.122. The van der Waals surface area contributed by atoms with Crippen molar-refractivity contribution in [1.82, 2.24) is 15.5 Å². The summed E-state index contributed by atoms with van der Waals surface area (Å²) in [5.74, 6) is -0.287. The van der Waals surface area contributed by atoms with E-state index >= 15 is 0 Å². The van der Waals surface area contributed by atoms with E-state index in [1.54, 1.807) is 6.07 Å². The molecule has 0 radical (unpaired) electrons. The Labute approximate surface area is 155 Å². The molecule has 0 bridgehead atoms. The lowest BCUT2D eigenvalue weighted by Gasteiger charge is -2.26. The van der Waals surface area contributed by atoms with Gasteiger partial charge in [-0.25, -0.2) is 4.39 Å². The van der Waals surface area contributed by atoms with E-state index in [4.69, 9.17) is 4.74 Å². The molecule has 2 rings (SSSR count). The van der Waals surface area contributed by atoms with Crippen LogP contribution in [0.15, 0.2) is 24.3 Å². The van der Waals surface area contributed by atoms with Gasteiger partial charge in [0.05, 0.1) is 19.3 Å². The quantitative estimate of drug-likeness (QED) is 0.788. The molecular formula is C16H26Cl2FN3O2.